The maximum absolute atomic E-state index is 12.5. The minimum atomic E-state index is -0.626. The summed E-state index contributed by atoms with van der Waals surface area (Å²) in [6.07, 6.45) is 0. The highest BCUT2D eigenvalue weighted by atomic mass is 16.6. The minimum absolute atomic E-state index is 0.0186. The molecule has 9 heteroatoms. The van der Waals surface area contributed by atoms with Crippen LogP contribution < -0.4 is 10.2 Å². The molecule has 33 heavy (non-hydrogen) atoms. The quantitative estimate of drug-likeness (QED) is 0.286. The number of carbonyl (C=O) groups is 3. The molecule has 1 aliphatic heterocycles. The molecule has 0 unspecified atom stereocenters. The van der Waals surface area contributed by atoms with Gasteiger partial charge in [-0.1, -0.05) is 18.2 Å². The van der Waals surface area contributed by atoms with Crippen LogP contribution in [-0.4, -0.2) is 48.2 Å². The van der Waals surface area contributed by atoms with Crippen molar-refractivity contribution in [3.63, 3.8) is 0 Å². The third kappa shape index (κ3) is 5.43. The van der Waals surface area contributed by atoms with Gasteiger partial charge in [-0.3, -0.25) is 19.9 Å². The van der Waals surface area contributed by atoms with Crippen LogP contribution in [0.1, 0.15) is 24.2 Å². The first kappa shape index (κ1) is 23.2. The van der Waals surface area contributed by atoms with Crippen molar-refractivity contribution in [2.45, 2.75) is 13.8 Å². The third-order valence-electron chi connectivity index (χ3n) is 4.81. The van der Waals surface area contributed by atoms with Gasteiger partial charge in [-0.05, 0) is 50.2 Å². The maximum atomic E-state index is 12.5. The number of esters is 1. The molecule has 0 bridgehead atoms. The summed E-state index contributed by atoms with van der Waals surface area (Å²) in [5.41, 5.74) is 3.65. The van der Waals surface area contributed by atoms with Crippen LogP contribution in [0.15, 0.2) is 70.8 Å². The Morgan fingerprint density at radius 1 is 1.06 bits per heavy atom. The van der Waals surface area contributed by atoms with E-state index in [1.165, 1.54) is 6.92 Å². The third-order valence-corrected chi connectivity index (χ3v) is 4.81. The average molecular weight is 446 g/mol. The number of benzene rings is 2. The molecule has 0 aromatic heterocycles. The lowest BCUT2D eigenvalue weighted by atomic mass is 9.99. The summed E-state index contributed by atoms with van der Waals surface area (Å²) in [5.74, 6) is -1.01. The predicted octanol–water partition coefficient (Wildman–Crippen LogP) is 2.92. The van der Waals surface area contributed by atoms with E-state index >= 15 is 0 Å². The number of likely N-dealkylation sites (N-methyl/N-ethyl adjacent to an activating group) is 1. The van der Waals surface area contributed by atoms with Crippen LogP contribution in [0.2, 0.25) is 0 Å². The number of nitrogens with one attached hydrogen (secondary N) is 1. The summed E-state index contributed by atoms with van der Waals surface area (Å²) < 4.78 is 10.7. The monoisotopic (exact) mass is 446 g/mol. The fourth-order valence-electron chi connectivity index (χ4n) is 3.04. The minimum Gasteiger partial charge on any atom is -0.490 e. The molecule has 2 aromatic rings. The number of para-hydroxylation sites is 1. The number of nitriles is 1. The zero-order chi connectivity index (χ0) is 23.8. The van der Waals surface area contributed by atoms with Gasteiger partial charge in [0.1, 0.15) is 30.6 Å². The molecule has 168 valence electrons. The van der Waals surface area contributed by atoms with E-state index in [0.717, 1.165) is 4.90 Å². The van der Waals surface area contributed by atoms with Crippen LogP contribution in [0, 0.1) is 11.3 Å². The summed E-state index contributed by atoms with van der Waals surface area (Å²) in [6, 6.07) is 17.3. The second-order valence-corrected chi connectivity index (χ2v) is 6.91. The highest BCUT2D eigenvalue weighted by Crippen LogP contribution is 2.19. The number of rotatable bonds is 8. The van der Waals surface area contributed by atoms with Gasteiger partial charge in [0.15, 0.2) is 5.71 Å². The molecule has 9 nitrogen and oxygen atoms in total. The first-order valence-electron chi connectivity index (χ1n) is 10.2. The number of nitrogens with zero attached hydrogens (tertiary/aromatic N) is 3. The lowest BCUT2D eigenvalue weighted by Gasteiger charge is -2.25. The molecule has 0 saturated heterocycles. The number of anilines is 1. The first-order chi connectivity index (χ1) is 16.0. The number of hydrogen-bond donors (Lipinski definition) is 1. The van der Waals surface area contributed by atoms with Crippen LogP contribution in [-0.2, 0) is 14.3 Å². The second-order valence-electron chi connectivity index (χ2n) is 6.91. The number of hydrogen-bond acceptors (Lipinski definition) is 8. The van der Waals surface area contributed by atoms with Crippen molar-refractivity contribution < 1.29 is 23.9 Å². The highest BCUT2D eigenvalue weighted by molar-refractivity contribution is 6.50. The summed E-state index contributed by atoms with van der Waals surface area (Å²) in [4.78, 5) is 37.9. The van der Waals surface area contributed by atoms with Crippen molar-refractivity contribution in [3.8, 4) is 11.8 Å². The molecule has 0 atom stereocenters. The van der Waals surface area contributed by atoms with Gasteiger partial charge in [-0.25, -0.2) is 4.79 Å². The van der Waals surface area contributed by atoms with Gasteiger partial charge in [0.05, 0.1) is 11.3 Å². The number of amides is 2. The van der Waals surface area contributed by atoms with Crippen LogP contribution in [0.25, 0.3) is 0 Å². The van der Waals surface area contributed by atoms with E-state index < -0.39 is 17.8 Å². The molecule has 0 fully saturated rings. The fourth-order valence-corrected chi connectivity index (χ4v) is 3.04. The lowest BCUT2D eigenvalue weighted by Crippen LogP contribution is -2.46. The molecular formula is C24H22N4O5. The van der Waals surface area contributed by atoms with Crippen LogP contribution >= 0.6 is 0 Å². The van der Waals surface area contributed by atoms with Crippen LogP contribution in [0.5, 0.6) is 5.75 Å². The van der Waals surface area contributed by atoms with Gasteiger partial charge >= 0.3 is 5.97 Å². The Balaban J connectivity index is 1.59. The van der Waals surface area contributed by atoms with Crippen LogP contribution in [0.3, 0.4) is 0 Å². The van der Waals surface area contributed by atoms with Crippen molar-refractivity contribution in [2.24, 2.45) is 5.10 Å². The van der Waals surface area contributed by atoms with E-state index in [9.17, 15) is 19.6 Å². The van der Waals surface area contributed by atoms with Gasteiger partial charge < -0.3 is 9.47 Å². The van der Waals surface area contributed by atoms with E-state index in [0.29, 0.717) is 17.0 Å². The van der Waals surface area contributed by atoms with Crippen molar-refractivity contribution in [2.75, 3.05) is 25.2 Å². The highest BCUT2D eigenvalue weighted by Gasteiger charge is 2.35. The average Bonchev–Trinajstić information content (AvgIpc) is 2.83. The predicted molar refractivity (Wildman–Crippen MR) is 120 cm³/mol. The Bertz CT molecular complexity index is 1150. The normalized spacial score (nSPS) is 14.8. The molecular weight excluding hydrogens is 424 g/mol. The zero-order valence-corrected chi connectivity index (χ0v) is 18.2. The standard InChI is InChI=1S/C24H22N4O5/c1-3-28-22(29)20(15-25)16(2)21(23(28)30)27-26-18-11-9-17(10-12-18)24(31)33-14-13-32-19-7-5-4-6-8-19/h4-12,26H,3,13-14H2,1-2H3/b27-21-. The molecule has 0 saturated carbocycles. The summed E-state index contributed by atoms with van der Waals surface area (Å²) in [5, 5.41) is 13.4. The van der Waals surface area contributed by atoms with Gasteiger partial charge in [0.2, 0.25) is 0 Å². The molecule has 1 N–H and O–H groups in total. The Kier molecular flexibility index (Phi) is 7.55. The Morgan fingerprint density at radius 3 is 2.39 bits per heavy atom. The largest absolute Gasteiger partial charge is 0.490 e. The van der Waals surface area contributed by atoms with E-state index in [1.807, 2.05) is 36.4 Å². The maximum Gasteiger partial charge on any atom is 0.338 e. The van der Waals surface area contributed by atoms with E-state index in [-0.39, 0.29) is 36.6 Å². The lowest BCUT2D eigenvalue weighted by molar-refractivity contribution is -0.138. The fraction of sp³-hybridized carbons (Fsp3) is 0.208. The molecule has 2 aromatic carbocycles. The smallest absolute Gasteiger partial charge is 0.338 e. The molecule has 0 aliphatic carbocycles. The molecule has 0 spiro atoms. The van der Waals surface area contributed by atoms with Gasteiger partial charge in [-0.15, -0.1) is 0 Å². The molecule has 2 amide bonds. The Hall–Kier alpha value is -4.45. The summed E-state index contributed by atoms with van der Waals surface area (Å²) >= 11 is 0. The van der Waals surface area contributed by atoms with Gasteiger partial charge in [0, 0.05) is 12.1 Å². The summed E-state index contributed by atoms with van der Waals surface area (Å²) in [6.45, 7) is 3.60. The SMILES string of the molecule is CCN1C(=O)C(C#N)=C(C)/C(=N/Nc2ccc(C(=O)OCCOc3ccccc3)cc2)C1=O. The van der Waals surface area contributed by atoms with Gasteiger partial charge in [-0.2, -0.15) is 10.4 Å². The molecule has 3 rings (SSSR count). The van der Waals surface area contributed by atoms with Crippen molar-refractivity contribution in [3.05, 3.63) is 71.3 Å². The number of hydrazone groups is 1. The topological polar surface area (TPSA) is 121 Å². The first-order valence-corrected chi connectivity index (χ1v) is 10.2. The van der Waals surface area contributed by atoms with E-state index in [1.54, 1.807) is 31.2 Å². The number of ether oxygens (including phenoxy) is 2. The van der Waals surface area contributed by atoms with E-state index in [2.05, 4.69) is 10.5 Å². The second kappa shape index (κ2) is 10.7. The Labute approximate surface area is 190 Å². The Morgan fingerprint density at radius 2 is 1.76 bits per heavy atom. The summed E-state index contributed by atoms with van der Waals surface area (Å²) in [7, 11) is 0. The zero-order valence-electron chi connectivity index (χ0n) is 18.2. The molecule has 1 heterocycles. The van der Waals surface area contributed by atoms with Crippen LogP contribution in [0.4, 0.5) is 5.69 Å². The molecule has 1 aliphatic rings. The number of imide groups is 1. The van der Waals surface area contributed by atoms with Gasteiger partial charge in [0.25, 0.3) is 11.8 Å². The van der Waals surface area contributed by atoms with E-state index in [4.69, 9.17) is 9.47 Å². The molecule has 0 radical (unpaired) electrons. The van der Waals surface area contributed by atoms with Crippen molar-refractivity contribution >= 4 is 29.2 Å². The van der Waals surface area contributed by atoms with Crippen molar-refractivity contribution in [1.29, 1.82) is 5.26 Å². The number of carbonyl (C=O) groups excluding carboxylic acids is 3. The van der Waals surface area contributed by atoms with Crippen molar-refractivity contribution in [1.82, 2.24) is 4.90 Å².